The van der Waals surface area contributed by atoms with Gasteiger partial charge in [0.2, 0.25) is 0 Å². The molecule has 0 bridgehead atoms. The zero-order valence-corrected chi connectivity index (χ0v) is 14.0. The Bertz CT molecular complexity index is 405. The molecule has 0 amide bonds. The van der Waals surface area contributed by atoms with Gasteiger partial charge in [-0.15, -0.1) is 0 Å². The lowest BCUT2D eigenvalue weighted by molar-refractivity contribution is 0.258. The Kier molecular flexibility index (Phi) is 5.41. The minimum atomic E-state index is -1.67. The first-order valence-corrected chi connectivity index (χ1v) is 11.0. The van der Waals surface area contributed by atoms with Gasteiger partial charge in [-0.25, -0.2) is 0 Å². The zero-order valence-electron chi connectivity index (χ0n) is 13.0. The molecule has 3 heteroatoms. The van der Waals surface area contributed by atoms with E-state index in [2.05, 4.69) is 50.3 Å². The van der Waals surface area contributed by atoms with E-state index in [0.717, 1.165) is 6.42 Å². The van der Waals surface area contributed by atoms with Gasteiger partial charge in [-0.3, -0.25) is 0 Å². The van der Waals surface area contributed by atoms with Crippen LogP contribution >= 0.6 is 0 Å². The third kappa shape index (κ3) is 3.51. The maximum atomic E-state index is 9.88. The first-order valence-electron chi connectivity index (χ1n) is 7.93. The Labute approximate surface area is 124 Å². The van der Waals surface area contributed by atoms with Crippen LogP contribution in [0.5, 0.6) is 0 Å². The van der Waals surface area contributed by atoms with Crippen LogP contribution in [0.15, 0.2) is 30.3 Å². The molecule has 1 saturated heterocycles. The predicted molar refractivity (Wildman–Crippen MR) is 87.2 cm³/mol. The van der Waals surface area contributed by atoms with Crippen LogP contribution in [-0.2, 0) is 4.74 Å². The normalized spacial score (nSPS) is 23.6. The molecule has 2 rings (SSSR count). The van der Waals surface area contributed by atoms with E-state index in [1.807, 2.05) is 0 Å². The quantitative estimate of drug-likeness (QED) is 0.453. The summed E-state index contributed by atoms with van der Waals surface area (Å²) in [7, 11) is -1.67. The molecule has 1 aliphatic heterocycles. The molecule has 0 radical (unpaired) electrons. The maximum Gasteiger partial charge on any atom is 0.0890 e. The second-order valence-electron chi connectivity index (χ2n) is 6.51. The number of aliphatic hydroxyl groups is 1. The van der Waals surface area contributed by atoms with E-state index in [1.54, 1.807) is 0 Å². The second-order valence-corrected chi connectivity index (χ2v) is 11.3. The molecule has 0 aromatic heterocycles. The summed E-state index contributed by atoms with van der Waals surface area (Å²) in [5.41, 5.74) is 0.316. The van der Waals surface area contributed by atoms with Crippen LogP contribution in [0.3, 0.4) is 0 Å². The van der Waals surface area contributed by atoms with E-state index in [-0.39, 0.29) is 6.61 Å². The summed E-state index contributed by atoms with van der Waals surface area (Å²) in [6.45, 7) is 7.19. The largest absolute Gasteiger partial charge is 0.396 e. The lowest BCUT2D eigenvalue weighted by Crippen LogP contribution is -2.49. The van der Waals surface area contributed by atoms with Gasteiger partial charge in [-0.2, -0.15) is 0 Å². The van der Waals surface area contributed by atoms with Gasteiger partial charge in [0, 0.05) is 12.1 Å². The fraction of sp³-hybridized carbons (Fsp3) is 0.647. The third-order valence-corrected chi connectivity index (χ3v) is 8.94. The highest BCUT2D eigenvalue weighted by Crippen LogP contribution is 2.41. The average Bonchev–Trinajstić information content (AvgIpc) is 3.20. The number of rotatable bonds is 8. The van der Waals surface area contributed by atoms with Gasteiger partial charge in [-0.1, -0.05) is 74.8 Å². The van der Waals surface area contributed by atoms with Gasteiger partial charge in [0.25, 0.3) is 0 Å². The van der Waals surface area contributed by atoms with E-state index in [4.69, 9.17) is 4.74 Å². The van der Waals surface area contributed by atoms with Crippen LogP contribution in [0.25, 0.3) is 0 Å². The number of hydrogen-bond acceptors (Lipinski definition) is 2. The van der Waals surface area contributed by atoms with Crippen molar-refractivity contribution in [2.45, 2.75) is 63.5 Å². The van der Waals surface area contributed by atoms with Gasteiger partial charge in [0.05, 0.1) is 20.3 Å². The van der Waals surface area contributed by atoms with Gasteiger partial charge in [-0.05, 0) is 6.42 Å². The van der Waals surface area contributed by atoms with Crippen LogP contribution < -0.4 is 5.19 Å². The molecule has 2 nitrogen and oxygen atoms in total. The molecule has 1 aliphatic rings. The maximum absolute atomic E-state index is 9.88. The monoisotopic (exact) mass is 292 g/mol. The molecule has 0 spiro atoms. The average molecular weight is 292 g/mol. The zero-order chi connectivity index (χ0) is 14.6. The van der Waals surface area contributed by atoms with Crippen LogP contribution in [0.1, 0.15) is 32.6 Å². The number of ether oxygens (including phenoxy) is 1. The van der Waals surface area contributed by atoms with E-state index in [9.17, 15) is 5.11 Å². The van der Waals surface area contributed by atoms with E-state index >= 15 is 0 Å². The van der Waals surface area contributed by atoms with Gasteiger partial charge in [0.15, 0.2) is 0 Å². The van der Waals surface area contributed by atoms with E-state index < -0.39 is 8.07 Å². The lowest BCUT2D eigenvalue weighted by Gasteiger charge is -2.31. The molecule has 1 N–H and O–H groups in total. The Morgan fingerprint density at radius 1 is 1.20 bits per heavy atom. The highest BCUT2D eigenvalue weighted by Gasteiger charge is 2.50. The number of aliphatic hydroxyl groups excluding tert-OH is 1. The van der Waals surface area contributed by atoms with Gasteiger partial charge in [0.1, 0.15) is 0 Å². The summed E-state index contributed by atoms with van der Waals surface area (Å²) in [4.78, 5) is 0. The minimum absolute atomic E-state index is 0.253. The first-order chi connectivity index (χ1) is 9.61. The summed E-state index contributed by atoms with van der Waals surface area (Å²) >= 11 is 0. The Hall–Kier alpha value is -0.643. The molecule has 0 saturated carbocycles. The molecule has 1 heterocycles. The van der Waals surface area contributed by atoms with Crippen molar-refractivity contribution in [1.29, 1.82) is 0 Å². The molecule has 20 heavy (non-hydrogen) atoms. The van der Waals surface area contributed by atoms with E-state index in [0.29, 0.717) is 17.7 Å². The molecule has 112 valence electrons. The molecule has 0 unspecified atom stereocenters. The standard InChI is InChI=1S/C17H28O2Si/c1-4-5-7-12-15-17(19-15)16(13-18)20(2,3)14-10-8-6-9-11-14/h6,8-11,15-18H,4-5,7,12-13H2,1-3H3/t15-,16-,17+/m0/s1. The number of epoxide rings is 1. The summed E-state index contributed by atoms with van der Waals surface area (Å²) in [6.07, 6.45) is 5.64. The molecule has 3 atom stereocenters. The van der Waals surface area contributed by atoms with Crippen LogP contribution in [-0.4, -0.2) is 32.0 Å². The minimum Gasteiger partial charge on any atom is -0.396 e. The molecule has 1 aromatic carbocycles. The van der Waals surface area contributed by atoms with Gasteiger partial charge >= 0.3 is 0 Å². The smallest absolute Gasteiger partial charge is 0.0890 e. The van der Waals surface area contributed by atoms with Crippen molar-refractivity contribution in [2.75, 3.05) is 6.61 Å². The van der Waals surface area contributed by atoms with Crippen molar-refractivity contribution in [3.63, 3.8) is 0 Å². The molecule has 1 fully saturated rings. The summed E-state index contributed by atoms with van der Waals surface area (Å²) < 4.78 is 5.90. The van der Waals surface area contributed by atoms with Crippen molar-refractivity contribution < 1.29 is 9.84 Å². The predicted octanol–water partition coefficient (Wildman–Crippen LogP) is 3.31. The lowest BCUT2D eigenvalue weighted by atomic mass is 10.1. The molecule has 1 aromatic rings. The van der Waals surface area contributed by atoms with Crippen LogP contribution in [0.2, 0.25) is 18.6 Å². The Balaban J connectivity index is 1.99. The number of benzene rings is 1. The van der Waals surface area contributed by atoms with Crippen LogP contribution in [0, 0.1) is 0 Å². The van der Waals surface area contributed by atoms with Crippen molar-refractivity contribution in [2.24, 2.45) is 0 Å². The first kappa shape index (κ1) is 15.7. The van der Waals surface area contributed by atoms with Gasteiger partial charge < -0.3 is 9.84 Å². The van der Waals surface area contributed by atoms with Crippen molar-refractivity contribution in [1.82, 2.24) is 0 Å². The topological polar surface area (TPSA) is 32.8 Å². The molecule has 0 aliphatic carbocycles. The van der Waals surface area contributed by atoms with Crippen molar-refractivity contribution >= 4 is 13.3 Å². The fourth-order valence-corrected chi connectivity index (χ4v) is 6.21. The fourth-order valence-electron chi connectivity index (χ4n) is 3.16. The Morgan fingerprint density at radius 3 is 2.50 bits per heavy atom. The third-order valence-electron chi connectivity index (χ3n) is 4.75. The van der Waals surface area contributed by atoms with E-state index in [1.165, 1.54) is 24.4 Å². The summed E-state index contributed by atoms with van der Waals surface area (Å²) in [5.74, 6) is 0. The van der Waals surface area contributed by atoms with Crippen LogP contribution in [0.4, 0.5) is 0 Å². The molecular weight excluding hydrogens is 264 g/mol. The Morgan fingerprint density at radius 2 is 1.90 bits per heavy atom. The van der Waals surface area contributed by atoms with Crippen molar-refractivity contribution in [3.8, 4) is 0 Å². The van der Waals surface area contributed by atoms with Crippen molar-refractivity contribution in [3.05, 3.63) is 30.3 Å². The summed E-state index contributed by atoms with van der Waals surface area (Å²) in [5, 5.41) is 11.3. The highest BCUT2D eigenvalue weighted by molar-refractivity contribution is 6.91. The summed E-state index contributed by atoms with van der Waals surface area (Å²) in [6, 6.07) is 10.7. The SMILES string of the molecule is CCCCC[C@@H]1O[C@H]1[C@H](CO)[Si](C)(C)c1ccccc1. The number of hydrogen-bond donors (Lipinski definition) is 1. The molecular formula is C17H28O2Si. The number of unbranched alkanes of at least 4 members (excludes halogenated alkanes) is 2. The highest BCUT2D eigenvalue weighted by atomic mass is 28.3. The second kappa shape index (κ2) is 6.88.